The zero-order chi connectivity index (χ0) is 7.40. The lowest BCUT2D eigenvalue weighted by Crippen LogP contribution is -1.70. The van der Waals surface area contributed by atoms with Crippen LogP contribution in [0, 0.1) is 6.92 Å². The molecule has 10 heavy (non-hydrogen) atoms. The van der Waals surface area contributed by atoms with E-state index in [4.69, 9.17) is 0 Å². The fourth-order valence-corrected chi connectivity index (χ4v) is 0.774. The van der Waals surface area contributed by atoms with Crippen molar-refractivity contribution in [2.45, 2.75) is 6.92 Å². The predicted octanol–water partition coefficient (Wildman–Crippen LogP) is 2.48. The molecule has 0 radical (unpaired) electrons. The van der Waals surface area contributed by atoms with E-state index in [0.717, 1.165) is 11.3 Å². The second kappa shape index (κ2) is 3.00. The summed E-state index contributed by atoms with van der Waals surface area (Å²) in [6, 6.07) is 7.88. The Balaban J connectivity index is 3.14. The summed E-state index contributed by atoms with van der Waals surface area (Å²) in [7, 11) is 0. The zero-order valence-corrected chi connectivity index (χ0v) is 5.96. The monoisotopic (exact) mass is 131 g/mol. The third-order valence-electron chi connectivity index (χ3n) is 1.31. The molecule has 1 rings (SSSR count). The third kappa shape index (κ3) is 1.34. The van der Waals surface area contributed by atoms with E-state index in [0.29, 0.717) is 0 Å². The smallest absolute Gasteiger partial charge is 0.0758 e. The van der Waals surface area contributed by atoms with E-state index in [1.54, 1.807) is 0 Å². The molecule has 0 aromatic heterocycles. The Bertz CT molecular complexity index is 270. The van der Waals surface area contributed by atoms with Gasteiger partial charge in [-0.1, -0.05) is 18.2 Å². The Hall–Kier alpha value is -1.33. The first kappa shape index (κ1) is 6.79. The van der Waals surface area contributed by atoms with Crippen LogP contribution in [0.2, 0.25) is 0 Å². The number of nitrogens with zero attached hydrogens (tertiary/aromatic N) is 1. The van der Waals surface area contributed by atoms with Gasteiger partial charge in [-0.3, -0.25) is 0 Å². The summed E-state index contributed by atoms with van der Waals surface area (Å²) in [5, 5.41) is 0. The standard InChI is InChI=1S/C9H9N/c1-3-10-9-7-5-4-6-8(9)2/h4-7H,1H2,2H3. The van der Waals surface area contributed by atoms with Crippen molar-refractivity contribution in [2.24, 2.45) is 4.99 Å². The Kier molecular flexibility index (Phi) is 2.03. The van der Waals surface area contributed by atoms with Crippen molar-refractivity contribution in [2.75, 3.05) is 0 Å². The number of para-hydroxylation sites is 1. The number of hydrogen-bond acceptors (Lipinski definition) is 1. The minimum atomic E-state index is 0.942. The van der Waals surface area contributed by atoms with Gasteiger partial charge >= 0.3 is 0 Å². The second-order valence-electron chi connectivity index (χ2n) is 2.06. The van der Waals surface area contributed by atoms with Gasteiger partial charge in [0.2, 0.25) is 0 Å². The quantitative estimate of drug-likeness (QED) is 0.519. The summed E-state index contributed by atoms with van der Waals surface area (Å²) in [5.41, 5.74) is 2.09. The van der Waals surface area contributed by atoms with Gasteiger partial charge in [0.15, 0.2) is 0 Å². The molecule has 50 valence electrons. The van der Waals surface area contributed by atoms with E-state index in [1.807, 2.05) is 31.2 Å². The van der Waals surface area contributed by atoms with Crippen molar-refractivity contribution in [3.05, 3.63) is 36.4 Å². The SMILES string of the molecule is C=C=Nc1ccccc1C. The molecule has 0 saturated carbocycles. The van der Waals surface area contributed by atoms with Gasteiger partial charge < -0.3 is 0 Å². The molecule has 0 aliphatic rings. The largest absolute Gasteiger partial charge is 0.207 e. The topological polar surface area (TPSA) is 12.4 Å². The van der Waals surface area contributed by atoms with E-state index < -0.39 is 0 Å². The van der Waals surface area contributed by atoms with E-state index in [9.17, 15) is 0 Å². The van der Waals surface area contributed by atoms with Gasteiger partial charge in [-0.2, -0.15) is 0 Å². The third-order valence-corrected chi connectivity index (χ3v) is 1.31. The number of hydrogen-bond donors (Lipinski definition) is 0. The molecule has 1 heteroatoms. The maximum atomic E-state index is 3.95. The molecule has 0 aliphatic heterocycles. The van der Waals surface area contributed by atoms with Crippen LogP contribution in [0.4, 0.5) is 5.69 Å². The lowest BCUT2D eigenvalue weighted by Gasteiger charge is -1.93. The number of benzene rings is 1. The van der Waals surface area contributed by atoms with Crippen molar-refractivity contribution < 1.29 is 0 Å². The highest BCUT2D eigenvalue weighted by atomic mass is 14.7. The van der Waals surface area contributed by atoms with Crippen molar-refractivity contribution in [1.82, 2.24) is 0 Å². The summed E-state index contributed by atoms with van der Waals surface area (Å²) < 4.78 is 0. The Morgan fingerprint density at radius 3 is 2.70 bits per heavy atom. The first-order valence-corrected chi connectivity index (χ1v) is 3.13. The average molecular weight is 131 g/mol. The minimum Gasteiger partial charge on any atom is -0.207 e. The molecule has 0 heterocycles. The molecule has 0 unspecified atom stereocenters. The van der Waals surface area contributed by atoms with Gasteiger partial charge in [0, 0.05) is 0 Å². The van der Waals surface area contributed by atoms with Crippen LogP contribution in [0.25, 0.3) is 0 Å². The predicted molar refractivity (Wildman–Crippen MR) is 43.9 cm³/mol. The fourth-order valence-electron chi connectivity index (χ4n) is 0.774. The molecule has 0 fully saturated rings. The normalized spacial score (nSPS) is 8.50. The van der Waals surface area contributed by atoms with E-state index in [-0.39, 0.29) is 0 Å². The molecule has 1 nitrogen and oxygen atoms in total. The van der Waals surface area contributed by atoms with Crippen LogP contribution in [0.5, 0.6) is 0 Å². The average Bonchev–Trinajstić information content (AvgIpc) is 1.94. The number of aryl methyl sites for hydroxylation is 1. The lowest BCUT2D eigenvalue weighted by atomic mass is 10.2. The molecule has 1 aromatic carbocycles. The molecule has 0 aliphatic carbocycles. The molecule has 0 spiro atoms. The van der Waals surface area contributed by atoms with Gasteiger partial charge in [-0.05, 0) is 31.0 Å². The van der Waals surface area contributed by atoms with Gasteiger partial charge in [-0.15, -0.1) is 0 Å². The molecule has 0 N–H and O–H groups in total. The summed E-state index contributed by atoms with van der Waals surface area (Å²) >= 11 is 0. The minimum absolute atomic E-state index is 0.942. The number of aliphatic imine (C=N–C) groups is 1. The van der Waals surface area contributed by atoms with Crippen LogP contribution >= 0.6 is 0 Å². The van der Waals surface area contributed by atoms with Crippen LogP contribution in [0.1, 0.15) is 5.56 Å². The van der Waals surface area contributed by atoms with Crippen LogP contribution in [0.15, 0.2) is 35.8 Å². The zero-order valence-electron chi connectivity index (χ0n) is 5.96. The second-order valence-corrected chi connectivity index (χ2v) is 2.06. The molecule has 0 atom stereocenters. The van der Waals surface area contributed by atoms with Gasteiger partial charge in [0.1, 0.15) is 0 Å². The maximum absolute atomic E-state index is 3.95. The maximum Gasteiger partial charge on any atom is 0.0758 e. The fraction of sp³-hybridized carbons (Fsp3) is 0.111. The Labute approximate surface area is 60.7 Å². The molecule has 1 aromatic rings. The first-order chi connectivity index (χ1) is 4.84. The van der Waals surface area contributed by atoms with Crippen molar-refractivity contribution in [1.29, 1.82) is 0 Å². The molecule has 0 bridgehead atoms. The summed E-state index contributed by atoms with van der Waals surface area (Å²) in [5.74, 6) is 2.50. The van der Waals surface area contributed by atoms with Crippen LogP contribution in [0.3, 0.4) is 0 Å². The van der Waals surface area contributed by atoms with E-state index >= 15 is 0 Å². The van der Waals surface area contributed by atoms with E-state index in [1.165, 1.54) is 0 Å². The highest BCUT2D eigenvalue weighted by Crippen LogP contribution is 2.15. The van der Waals surface area contributed by atoms with Gasteiger partial charge in [-0.25, -0.2) is 4.99 Å². The Morgan fingerprint density at radius 2 is 2.10 bits per heavy atom. The summed E-state index contributed by atoms with van der Waals surface area (Å²) in [6.07, 6.45) is 0. The van der Waals surface area contributed by atoms with Crippen molar-refractivity contribution in [3.63, 3.8) is 0 Å². The first-order valence-electron chi connectivity index (χ1n) is 3.13. The molecule has 0 amide bonds. The van der Waals surface area contributed by atoms with Crippen molar-refractivity contribution in [3.8, 4) is 0 Å². The molecular weight excluding hydrogens is 122 g/mol. The highest BCUT2D eigenvalue weighted by Gasteiger charge is 1.89. The van der Waals surface area contributed by atoms with Crippen LogP contribution in [-0.2, 0) is 0 Å². The highest BCUT2D eigenvalue weighted by molar-refractivity contribution is 5.57. The van der Waals surface area contributed by atoms with Crippen LogP contribution in [-0.4, -0.2) is 5.87 Å². The summed E-state index contributed by atoms with van der Waals surface area (Å²) in [4.78, 5) is 3.95. The molecular formula is C9H9N. The Morgan fingerprint density at radius 1 is 1.40 bits per heavy atom. The van der Waals surface area contributed by atoms with Crippen molar-refractivity contribution >= 4 is 11.6 Å². The lowest BCUT2D eigenvalue weighted by molar-refractivity contribution is 1.41. The summed E-state index contributed by atoms with van der Waals surface area (Å²) in [6.45, 7) is 5.42. The van der Waals surface area contributed by atoms with Crippen LogP contribution < -0.4 is 0 Å². The molecule has 0 saturated heterocycles. The van der Waals surface area contributed by atoms with Gasteiger partial charge in [0.05, 0.1) is 5.69 Å². The van der Waals surface area contributed by atoms with E-state index in [2.05, 4.69) is 17.4 Å². The number of rotatable bonds is 1. The van der Waals surface area contributed by atoms with Gasteiger partial charge in [0.25, 0.3) is 0 Å².